The van der Waals surface area contributed by atoms with Gasteiger partial charge in [0.2, 0.25) is 6.41 Å². The van der Waals surface area contributed by atoms with Gasteiger partial charge in [-0.3, -0.25) is 9.20 Å². The zero-order valence-electron chi connectivity index (χ0n) is 19.4. The number of amides is 1. The van der Waals surface area contributed by atoms with Crippen molar-refractivity contribution in [1.82, 2.24) is 14.7 Å². The van der Waals surface area contributed by atoms with Crippen LogP contribution in [0.25, 0.3) is 28.0 Å². The Labute approximate surface area is 200 Å². The summed E-state index contributed by atoms with van der Waals surface area (Å²) in [4.78, 5) is 13.2. The summed E-state index contributed by atoms with van der Waals surface area (Å²) in [5.74, 6) is 0.945. The van der Waals surface area contributed by atoms with Crippen molar-refractivity contribution in [2.24, 2.45) is 5.73 Å². The van der Waals surface area contributed by atoms with Gasteiger partial charge in [0, 0.05) is 24.0 Å². The van der Waals surface area contributed by atoms with Crippen LogP contribution >= 0.6 is 0 Å². The van der Waals surface area contributed by atoms with Crippen molar-refractivity contribution in [3.63, 3.8) is 0 Å². The number of carbonyl (C=O) groups excluding carboxylic acids is 1. The average molecular weight is 458 g/mol. The highest BCUT2D eigenvalue weighted by atomic mass is 16.5. The number of rotatable bonds is 6. The molecule has 1 amide bonds. The van der Waals surface area contributed by atoms with Crippen LogP contribution in [0, 0.1) is 0 Å². The summed E-state index contributed by atoms with van der Waals surface area (Å²) >= 11 is 0. The monoisotopic (exact) mass is 457 g/mol. The third-order valence-electron chi connectivity index (χ3n) is 5.83. The fourth-order valence-corrected chi connectivity index (χ4v) is 4.20. The molecule has 2 aromatic heterocycles. The number of fused-ring (bicyclic) bond motifs is 1. The molecule has 4 aromatic rings. The number of imidazole rings is 1. The summed E-state index contributed by atoms with van der Waals surface area (Å²) in [6.07, 6.45) is 6.75. The van der Waals surface area contributed by atoms with Crippen molar-refractivity contribution in [2.45, 2.75) is 25.9 Å². The Kier molecular flexibility index (Phi) is 7.78. The number of nitrogens with zero attached hydrogens (tertiary/aromatic N) is 2. The Morgan fingerprint density at radius 3 is 2.59 bits per heavy atom. The lowest BCUT2D eigenvalue weighted by Gasteiger charge is -2.23. The van der Waals surface area contributed by atoms with Gasteiger partial charge in [0.25, 0.3) is 0 Å². The van der Waals surface area contributed by atoms with E-state index < -0.39 is 0 Å². The molecule has 0 aliphatic carbocycles. The van der Waals surface area contributed by atoms with Gasteiger partial charge in [-0.15, -0.1) is 0 Å². The van der Waals surface area contributed by atoms with Crippen LogP contribution in [0.3, 0.4) is 0 Å². The van der Waals surface area contributed by atoms with Gasteiger partial charge in [-0.2, -0.15) is 0 Å². The lowest BCUT2D eigenvalue weighted by atomic mass is 10.1. The molecular weight excluding hydrogens is 426 g/mol. The molecule has 34 heavy (non-hydrogen) atoms. The van der Waals surface area contributed by atoms with Crippen molar-refractivity contribution in [1.29, 1.82) is 0 Å². The van der Waals surface area contributed by atoms with E-state index in [1.807, 2.05) is 6.20 Å². The van der Waals surface area contributed by atoms with Crippen LogP contribution in [0.2, 0.25) is 0 Å². The molecule has 1 aliphatic rings. The first kappa shape index (κ1) is 23.3. The number of hydrogen-bond donors (Lipinski definition) is 3. The van der Waals surface area contributed by atoms with Crippen LogP contribution in [-0.4, -0.2) is 41.5 Å². The molecule has 0 radical (unpaired) electrons. The SMILES string of the molecule is CCNc1cccc(-c2cnc3cc(-c4ccc(OC5CCNCC5)cc4)ccn23)c1.NC=O. The molecule has 0 unspecified atom stereocenters. The molecular formula is C27H31N5O2. The maximum absolute atomic E-state index is 8.58. The molecule has 1 saturated heterocycles. The number of carbonyl (C=O) groups is 1. The standard InChI is InChI=1S/C26H28N4O.CH3NO/c1-2-28-22-5-3-4-21(16-22)25-18-29-26-17-20(12-15-30(25)26)19-6-8-23(9-7-19)31-24-10-13-27-14-11-24;2-1-3/h3-9,12,15-18,24,27-28H,2,10-11,13-14H2,1H3;1H,(H2,2,3). The van der Waals surface area contributed by atoms with Gasteiger partial charge >= 0.3 is 0 Å². The number of primary amides is 1. The van der Waals surface area contributed by atoms with Gasteiger partial charge in [0.05, 0.1) is 11.9 Å². The van der Waals surface area contributed by atoms with Crippen LogP contribution in [0.5, 0.6) is 5.75 Å². The topological polar surface area (TPSA) is 93.7 Å². The Bertz CT molecular complexity index is 1210. The average Bonchev–Trinajstić information content (AvgIpc) is 3.29. The first-order chi connectivity index (χ1) is 16.7. The maximum Gasteiger partial charge on any atom is 0.204 e. The number of nitrogens with two attached hydrogens (primary N) is 1. The number of anilines is 1. The molecule has 0 saturated carbocycles. The second-order valence-electron chi connectivity index (χ2n) is 8.13. The van der Waals surface area contributed by atoms with E-state index in [1.165, 1.54) is 5.56 Å². The number of pyridine rings is 1. The molecule has 2 aromatic carbocycles. The van der Waals surface area contributed by atoms with Crippen molar-refractivity contribution < 1.29 is 9.53 Å². The molecule has 0 bridgehead atoms. The minimum absolute atomic E-state index is 0.250. The molecule has 1 fully saturated rings. The second-order valence-corrected chi connectivity index (χ2v) is 8.13. The lowest BCUT2D eigenvalue weighted by Crippen LogP contribution is -2.34. The maximum atomic E-state index is 8.58. The predicted molar refractivity (Wildman–Crippen MR) is 137 cm³/mol. The summed E-state index contributed by atoms with van der Waals surface area (Å²) in [5, 5.41) is 6.75. The largest absolute Gasteiger partial charge is 0.490 e. The molecule has 7 heteroatoms. The van der Waals surface area contributed by atoms with Crippen molar-refractivity contribution in [3.05, 3.63) is 73.1 Å². The molecule has 0 atom stereocenters. The van der Waals surface area contributed by atoms with Crippen LogP contribution in [0.4, 0.5) is 5.69 Å². The van der Waals surface area contributed by atoms with E-state index in [4.69, 9.17) is 9.53 Å². The normalized spacial score (nSPS) is 13.7. The van der Waals surface area contributed by atoms with E-state index >= 15 is 0 Å². The molecule has 4 N–H and O–H groups in total. The third kappa shape index (κ3) is 5.55. The predicted octanol–water partition coefficient (Wildman–Crippen LogP) is 4.33. The van der Waals surface area contributed by atoms with E-state index in [2.05, 4.69) is 99.5 Å². The number of aromatic nitrogens is 2. The number of benzene rings is 2. The van der Waals surface area contributed by atoms with Gasteiger partial charge in [-0.25, -0.2) is 4.98 Å². The number of ether oxygens (including phenoxy) is 1. The summed E-state index contributed by atoms with van der Waals surface area (Å²) in [6.45, 7) is 5.08. The van der Waals surface area contributed by atoms with Gasteiger partial charge in [0.1, 0.15) is 17.5 Å². The number of piperidine rings is 1. The van der Waals surface area contributed by atoms with Crippen molar-refractivity contribution in [2.75, 3.05) is 25.0 Å². The Balaban J connectivity index is 0.000000868. The molecule has 1 aliphatic heterocycles. The van der Waals surface area contributed by atoms with Crippen LogP contribution < -0.4 is 21.1 Å². The van der Waals surface area contributed by atoms with Gasteiger partial charge < -0.3 is 21.1 Å². The molecule has 176 valence electrons. The lowest BCUT2D eigenvalue weighted by molar-refractivity contribution is -0.106. The van der Waals surface area contributed by atoms with E-state index in [1.54, 1.807) is 0 Å². The van der Waals surface area contributed by atoms with Crippen molar-refractivity contribution in [3.8, 4) is 28.1 Å². The fraction of sp³-hybridized carbons (Fsp3) is 0.259. The highest BCUT2D eigenvalue weighted by Crippen LogP contribution is 2.28. The number of nitrogens with one attached hydrogen (secondary N) is 2. The van der Waals surface area contributed by atoms with E-state index in [0.29, 0.717) is 6.10 Å². The van der Waals surface area contributed by atoms with Gasteiger partial charge in [-0.1, -0.05) is 24.3 Å². The van der Waals surface area contributed by atoms with Gasteiger partial charge in [-0.05, 0) is 80.4 Å². The summed E-state index contributed by atoms with van der Waals surface area (Å²) in [5.41, 5.74) is 10.8. The van der Waals surface area contributed by atoms with E-state index in [-0.39, 0.29) is 6.41 Å². The van der Waals surface area contributed by atoms with Crippen LogP contribution in [0.1, 0.15) is 19.8 Å². The second kappa shape index (κ2) is 11.3. The minimum Gasteiger partial charge on any atom is -0.490 e. The Morgan fingerprint density at radius 2 is 1.85 bits per heavy atom. The summed E-state index contributed by atoms with van der Waals surface area (Å²) < 4.78 is 8.28. The Hall–Kier alpha value is -3.84. The Morgan fingerprint density at radius 1 is 1.09 bits per heavy atom. The van der Waals surface area contributed by atoms with E-state index in [0.717, 1.165) is 66.4 Å². The first-order valence-electron chi connectivity index (χ1n) is 11.7. The third-order valence-corrected chi connectivity index (χ3v) is 5.83. The van der Waals surface area contributed by atoms with Gasteiger partial charge in [0.15, 0.2) is 0 Å². The summed E-state index contributed by atoms with van der Waals surface area (Å²) in [6, 6.07) is 21.2. The zero-order valence-corrected chi connectivity index (χ0v) is 19.4. The smallest absolute Gasteiger partial charge is 0.204 e. The van der Waals surface area contributed by atoms with Crippen LogP contribution in [-0.2, 0) is 4.79 Å². The molecule has 7 nitrogen and oxygen atoms in total. The zero-order chi connectivity index (χ0) is 23.8. The first-order valence-corrected chi connectivity index (χ1v) is 11.7. The molecule has 3 heterocycles. The van der Waals surface area contributed by atoms with E-state index in [9.17, 15) is 0 Å². The highest BCUT2D eigenvalue weighted by Gasteiger charge is 2.14. The molecule has 5 rings (SSSR count). The fourth-order valence-electron chi connectivity index (χ4n) is 4.20. The van der Waals surface area contributed by atoms with Crippen LogP contribution in [0.15, 0.2) is 73.1 Å². The van der Waals surface area contributed by atoms with Crippen molar-refractivity contribution >= 4 is 17.7 Å². The molecule has 0 spiro atoms. The number of hydrogen-bond acceptors (Lipinski definition) is 5. The highest BCUT2D eigenvalue weighted by molar-refractivity contribution is 5.72. The minimum atomic E-state index is 0.250. The quantitative estimate of drug-likeness (QED) is 0.375. The summed E-state index contributed by atoms with van der Waals surface area (Å²) in [7, 11) is 0.